The number of hydrogen-bond donors (Lipinski definition) is 0. The van der Waals surface area contributed by atoms with Crippen molar-refractivity contribution in [1.82, 2.24) is 9.88 Å². The number of halogens is 1. The Morgan fingerprint density at radius 3 is 2.39 bits per heavy atom. The van der Waals surface area contributed by atoms with Crippen LogP contribution in [0.25, 0.3) is 10.9 Å². The van der Waals surface area contributed by atoms with Gasteiger partial charge in [0.05, 0.1) is 16.8 Å². The molecule has 3 aromatic rings. The summed E-state index contributed by atoms with van der Waals surface area (Å²) in [6, 6.07) is 13.9. The van der Waals surface area contributed by atoms with E-state index in [2.05, 4.69) is 9.88 Å². The molecule has 0 aliphatic carbocycles. The topological polar surface area (TPSA) is 62.7 Å². The van der Waals surface area contributed by atoms with E-state index in [-0.39, 0.29) is 18.3 Å². The Hall–Kier alpha value is -3.48. The minimum absolute atomic E-state index is 0.226. The Kier molecular flexibility index (Phi) is 5.84. The molecule has 1 aliphatic heterocycles. The summed E-state index contributed by atoms with van der Waals surface area (Å²) in [7, 11) is 0. The molecule has 1 fully saturated rings. The average molecular weight is 421 g/mol. The smallest absolute Gasteiger partial charge is 0.340 e. The van der Waals surface area contributed by atoms with E-state index in [0.29, 0.717) is 37.4 Å². The van der Waals surface area contributed by atoms with Gasteiger partial charge in [-0.2, -0.15) is 0 Å². The van der Waals surface area contributed by atoms with Gasteiger partial charge in [0.1, 0.15) is 5.82 Å². The highest BCUT2D eigenvalue weighted by Gasteiger charge is 2.24. The number of benzene rings is 2. The number of nitrogens with zero attached hydrogens (tertiary/aromatic N) is 3. The van der Waals surface area contributed by atoms with Crippen LogP contribution in [0.15, 0.2) is 48.5 Å². The van der Waals surface area contributed by atoms with Gasteiger partial charge < -0.3 is 14.5 Å². The highest BCUT2D eigenvalue weighted by Crippen LogP contribution is 2.23. The first kappa shape index (κ1) is 20.8. The Morgan fingerprint density at radius 2 is 1.68 bits per heavy atom. The molecule has 7 heteroatoms. The highest BCUT2D eigenvalue weighted by atomic mass is 19.1. The minimum Gasteiger partial charge on any atom is -0.452 e. The SMILES string of the molecule is Cc1nc2ccccc2c(C)c1C(=O)OCC(=O)N1CCN(c2ccc(F)cc2)CC1. The normalized spacial score (nSPS) is 14.0. The third kappa shape index (κ3) is 4.35. The second kappa shape index (κ2) is 8.71. The summed E-state index contributed by atoms with van der Waals surface area (Å²) in [6.07, 6.45) is 0. The van der Waals surface area contributed by atoms with Gasteiger partial charge in [0, 0.05) is 37.3 Å². The lowest BCUT2D eigenvalue weighted by molar-refractivity contribution is -0.134. The van der Waals surface area contributed by atoms with Crippen LogP contribution in [-0.2, 0) is 9.53 Å². The summed E-state index contributed by atoms with van der Waals surface area (Å²) in [6.45, 7) is 5.64. The zero-order chi connectivity index (χ0) is 22.0. The number of carbonyl (C=O) groups is 2. The Balaban J connectivity index is 1.36. The molecule has 6 nitrogen and oxygen atoms in total. The van der Waals surface area contributed by atoms with E-state index in [1.807, 2.05) is 31.2 Å². The third-order valence-corrected chi connectivity index (χ3v) is 5.69. The molecule has 0 bridgehead atoms. The van der Waals surface area contributed by atoms with Gasteiger partial charge in [-0.15, -0.1) is 0 Å². The summed E-state index contributed by atoms with van der Waals surface area (Å²) >= 11 is 0. The number of ether oxygens (including phenoxy) is 1. The molecule has 0 atom stereocenters. The number of carbonyl (C=O) groups excluding carboxylic acids is 2. The highest BCUT2D eigenvalue weighted by molar-refractivity contribution is 5.99. The number of esters is 1. The van der Waals surface area contributed by atoms with Crippen LogP contribution in [0.5, 0.6) is 0 Å². The van der Waals surface area contributed by atoms with Crippen molar-refractivity contribution in [2.75, 3.05) is 37.7 Å². The molecule has 0 radical (unpaired) electrons. The number of hydrogen-bond acceptors (Lipinski definition) is 5. The second-order valence-corrected chi connectivity index (χ2v) is 7.63. The van der Waals surface area contributed by atoms with E-state index >= 15 is 0 Å². The van der Waals surface area contributed by atoms with E-state index < -0.39 is 5.97 Å². The lowest BCUT2D eigenvalue weighted by atomic mass is 10.0. The second-order valence-electron chi connectivity index (χ2n) is 7.63. The van der Waals surface area contributed by atoms with Crippen LogP contribution >= 0.6 is 0 Å². The van der Waals surface area contributed by atoms with Crippen LogP contribution in [0.3, 0.4) is 0 Å². The first-order chi connectivity index (χ1) is 14.9. The molecule has 2 aromatic carbocycles. The largest absolute Gasteiger partial charge is 0.452 e. The van der Waals surface area contributed by atoms with Crippen LogP contribution in [0.1, 0.15) is 21.6 Å². The summed E-state index contributed by atoms with van der Waals surface area (Å²) < 4.78 is 18.5. The van der Waals surface area contributed by atoms with Crippen LogP contribution in [0.4, 0.5) is 10.1 Å². The summed E-state index contributed by atoms with van der Waals surface area (Å²) in [5.74, 6) is -1.03. The molecule has 31 heavy (non-hydrogen) atoms. The molecule has 160 valence electrons. The van der Waals surface area contributed by atoms with Crippen LogP contribution in [0, 0.1) is 19.7 Å². The fourth-order valence-corrected chi connectivity index (χ4v) is 3.99. The quantitative estimate of drug-likeness (QED) is 0.604. The number of para-hydroxylation sites is 1. The lowest BCUT2D eigenvalue weighted by Crippen LogP contribution is -2.49. The first-order valence-electron chi connectivity index (χ1n) is 10.3. The fourth-order valence-electron chi connectivity index (χ4n) is 3.99. The standard InChI is InChI=1S/C24H24FN3O3/c1-16-20-5-3-4-6-21(20)26-17(2)23(16)24(30)31-15-22(29)28-13-11-27(12-14-28)19-9-7-18(25)8-10-19/h3-10H,11-15H2,1-2H3. The molecule has 1 amide bonds. The van der Waals surface area contributed by atoms with Gasteiger partial charge in [-0.1, -0.05) is 18.2 Å². The van der Waals surface area contributed by atoms with Crippen LogP contribution in [-0.4, -0.2) is 54.5 Å². The van der Waals surface area contributed by atoms with Gasteiger partial charge in [-0.3, -0.25) is 9.78 Å². The van der Waals surface area contributed by atoms with Crippen molar-refractivity contribution >= 4 is 28.5 Å². The first-order valence-corrected chi connectivity index (χ1v) is 10.3. The summed E-state index contributed by atoms with van der Waals surface area (Å²) in [4.78, 5) is 33.6. The molecule has 0 spiro atoms. The molecule has 0 saturated carbocycles. The van der Waals surface area contributed by atoms with E-state index in [9.17, 15) is 14.0 Å². The molecule has 2 heterocycles. The van der Waals surface area contributed by atoms with E-state index in [1.165, 1.54) is 12.1 Å². The molecule has 1 aliphatic rings. The van der Waals surface area contributed by atoms with E-state index in [4.69, 9.17) is 4.74 Å². The van der Waals surface area contributed by atoms with Crippen molar-refractivity contribution < 1.29 is 18.7 Å². The fraction of sp³-hybridized carbons (Fsp3) is 0.292. The molecule has 0 unspecified atom stereocenters. The van der Waals surface area contributed by atoms with E-state index in [0.717, 1.165) is 22.2 Å². The molecule has 4 rings (SSSR count). The van der Waals surface area contributed by atoms with Crippen molar-refractivity contribution in [2.45, 2.75) is 13.8 Å². The van der Waals surface area contributed by atoms with Crippen molar-refractivity contribution in [3.05, 3.63) is 71.2 Å². The van der Waals surface area contributed by atoms with Crippen molar-refractivity contribution in [2.24, 2.45) is 0 Å². The zero-order valence-corrected chi connectivity index (χ0v) is 17.6. The monoisotopic (exact) mass is 421 g/mol. The molecular formula is C24H24FN3O3. The van der Waals surface area contributed by atoms with Crippen LogP contribution in [0.2, 0.25) is 0 Å². The number of aromatic nitrogens is 1. The summed E-state index contributed by atoms with van der Waals surface area (Å²) in [5, 5.41) is 0.892. The predicted octanol–water partition coefficient (Wildman–Crippen LogP) is 3.50. The third-order valence-electron chi connectivity index (χ3n) is 5.69. The van der Waals surface area contributed by atoms with Gasteiger partial charge in [-0.25, -0.2) is 9.18 Å². The zero-order valence-electron chi connectivity index (χ0n) is 17.6. The number of anilines is 1. The van der Waals surface area contributed by atoms with E-state index in [1.54, 1.807) is 24.0 Å². The van der Waals surface area contributed by atoms with Gasteiger partial charge in [0.2, 0.25) is 0 Å². The lowest BCUT2D eigenvalue weighted by Gasteiger charge is -2.36. The summed E-state index contributed by atoms with van der Waals surface area (Å²) in [5.41, 5.74) is 3.54. The van der Waals surface area contributed by atoms with Gasteiger partial charge in [0.25, 0.3) is 5.91 Å². The molecule has 1 saturated heterocycles. The number of amides is 1. The number of piperazine rings is 1. The van der Waals surface area contributed by atoms with Gasteiger partial charge >= 0.3 is 5.97 Å². The Labute approximate surface area is 180 Å². The predicted molar refractivity (Wildman–Crippen MR) is 117 cm³/mol. The van der Waals surface area contributed by atoms with Crippen molar-refractivity contribution in [1.29, 1.82) is 0 Å². The number of aryl methyl sites for hydroxylation is 2. The molecular weight excluding hydrogens is 397 g/mol. The van der Waals surface area contributed by atoms with Gasteiger partial charge in [-0.05, 0) is 49.7 Å². The number of fused-ring (bicyclic) bond motifs is 1. The Morgan fingerprint density at radius 1 is 1.00 bits per heavy atom. The maximum atomic E-state index is 13.1. The van der Waals surface area contributed by atoms with Gasteiger partial charge in [0.15, 0.2) is 6.61 Å². The maximum Gasteiger partial charge on any atom is 0.340 e. The molecule has 1 aromatic heterocycles. The maximum absolute atomic E-state index is 13.1. The number of rotatable bonds is 4. The average Bonchev–Trinajstić information content (AvgIpc) is 2.78. The minimum atomic E-state index is -0.536. The molecule has 0 N–H and O–H groups in total. The van der Waals surface area contributed by atoms with Crippen LogP contribution < -0.4 is 4.90 Å². The Bertz CT molecular complexity index is 1120. The number of pyridine rings is 1. The van der Waals surface area contributed by atoms with Crippen molar-refractivity contribution in [3.8, 4) is 0 Å². The van der Waals surface area contributed by atoms with Crippen molar-refractivity contribution in [3.63, 3.8) is 0 Å².